The van der Waals surface area contributed by atoms with Gasteiger partial charge in [0.2, 0.25) is 0 Å². The Balaban J connectivity index is 3.26. The average Bonchev–Trinajstić information content (AvgIpc) is 2.17. The highest BCUT2D eigenvalue weighted by Gasteiger charge is 2.37. The summed E-state index contributed by atoms with van der Waals surface area (Å²) in [7, 11) is 0. The van der Waals surface area contributed by atoms with Crippen LogP contribution in [0.15, 0.2) is 24.3 Å². The second kappa shape index (κ2) is 3.75. The Hall–Kier alpha value is -1.42. The van der Waals surface area contributed by atoms with Crippen LogP contribution in [-0.4, -0.2) is 17.8 Å². The highest BCUT2D eigenvalue weighted by molar-refractivity contribution is 5.81. The van der Waals surface area contributed by atoms with E-state index in [1.165, 1.54) is 6.07 Å². The minimum absolute atomic E-state index is 0.315. The van der Waals surface area contributed by atoms with Gasteiger partial charge in [-0.1, -0.05) is 24.3 Å². The molecular formula is C10H12FNO2. The van der Waals surface area contributed by atoms with Gasteiger partial charge in [-0.25, -0.2) is 9.18 Å². The van der Waals surface area contributed by atoms with Gasteiger partial charge in [0.15, 0.2) is 5.54 Å². The number of alkyl halides is 1. The molecule has 0 aliphatic heterocycles. The van der Waals surface area contributed by atoms with Crippen molar-refractivity contribution >= 4 is 5.97 Å². The molecule has 0 saturated carbocycles. The van der Waals surface area contributed by atoms with Crippen LogP contribution in [0.25, 0.3) is 0 Å². The summed E-state index contributed by atoms with van der Waals surface area (Å²) in [6.07, 6.45) is 0. The molecule has 0 heterocycles. The number of hydrogen-bond acceptors (Lipinski definition) is 2. The number of carboxylic acids is 1. The number of aliphatic carboxylic acids is 1. The largest absolute Gasteiger partial charge is 0.480 e. The monoisotopic (exact) mass is 197 g/mol. The Morgan fingerprint density at radius 3 is 2.57 bits per heavy atom. The van der Waals surface area contributed by atoms with Gasteiger partial charge in [0.1, 0.15) is 6.67 Å². The fraction of sp³-hybridized carbons (Fsp3) is 0.300. The summed E-state index contributed by atoms with van der Waals surface area (Å²) in [5.41, 5.74) is 4.55. The van der Waals surface area contributed by atoms with Crippen LogP contribution >= 0.6 is 0 Å². The zero-order valence-electron chi connectivity index (χ0n) is 7.83. The first kappa shape index (κ1) is 10.7. The fourth-order valence-corrected chi connectivity index (χ4v) is 1.32. The Morgan fingerprint density at radius 2 is 2.14 bits per heavy atom. The van der Waals surface area contributed by atoms with E-state index in [2.05, 4.69) is 0 Å². The van der Waals surface area contributed by atoms with Crippen LogP contribution in [0.2, 0.25) is 0 Å². The standard InChI is InChI=1S/C10H12FNO2/c1-7-4-2-3-5-8(7)10(12,6-11)9(13)14/h2-5H,6,12H2,1H3,(H,13,14). The molecule has 76 valence electrons. The number of carbonyl (C=O) groups is 1. The lowest BCUT2D eigenvalue weighted by atomic mass is 9.89. The van der Waals surface area contributed by atoms with Crippen LogP contribution in [0.1, 0.15) is 11.1 Å². The lowest BCUT2D eigenvalue weighted by molar-refractivity contribution is -0.144. The maximum atomic E-state index is 12.7. The van der Waals surface area contributed by atoms with Gasteiger partial charge < -0.3 is 10.8 Å². The number of benzene rings is 1. The van der Waals surface area contributed by atoms with Crippen LogP contribution < -0.4 is 5.73 Å². The number of carboxylic acid groups (broad SMARTS) is 1. The number of hydrogen-bond donors (Lipinski definition) is 2. The van der Waals surface area contributed by atoms with Crippen LogP contribution in [0.4, 0.5) is 4.39 Å². The summed E-state index contributed by atoms with van der Waals surface area (Å²) < 4.78 is 12.7. The number of halogens is 1. The Kier molecular flexibility index (Phi) is 2.86. The van der Waals surface area contributed by atoms with Crippen molar-refractivity contribution in [3.63, 3.8) is 0 Å². The van der Waals surface area contributed by atoms with Crippen LogP contribution in [0.5, 0.6) is 0 Å². The topological polar surface area (TPSA) is 63.3 Å². The van der Waals surface area contributed by atoms with E-state index in [0.717, 1.165) is 0 Å². The molecule has 0 spiro atoms. The molecule has 0 fully saturated rings. The van der Waals surface area contributed by atoms with E-state index in [-0.39, 0.29) is 0 Å². The smallest absolute Gasteiger partial charge is 0.331 e. The van der Waals surface area contributed by atoms with Crippen molar-refractivity contribution < 1.29 is 14.3 Å². The molecular weight excluding hydrogens is 185 g/mol. The van der Waals surface area contributed by atoms with E-state index in [0.29, 0.717) is 11.1 Å². The summed E-state index contributed by atoms with van der Waals surface area (Å²) in [5.74, 6) is -1.35. The van der Waals surface area contributed by atoms with Gasteiger partial charge in [-0.15, -0.1) is 0 Å². The third kappa shape index (κ3) is 1.61. The third-order valence-corrected chi connectivity index (χ3v) is 2.22. The van der Waals surface area contributed by atoms with E-state index in [4.69, 9.17) is 10.8 Å². The minimum atomic E-state index is -1.93. The maximum Gasteiger partial charge on any atom is 0.331 e. The van der Waals surface area contributed by atoms with Crippen molar-refractivity contribution in [2.75, 3.05) is 6.67 Å². The Bertz CT molecular complexity index is 354. The molecule has 3 nitrogen and oxygen atoms in total. The molecule has 0 amide bonds. The van der Waals surface area contributed by atoms with Crippen molar-refractivity contribution in [3.8, 4) is 0 Å². The van der Waals surface area contributed by atoms with E-state index < -0.39 is 18.2 Å². The highest BCUT2D eigenvalue weighted by atomic mass is 19.1. The molecule has 1 aromatic rings. The molecule has 0 aliphatic rings. The van der Waals surface area contributed by atoms with Gasteiger partial charge >= 0.3 is 5.97 Å². The van der Waals surface area contributed by atoms with Gasteiger partial charge in [-0.3, -0.25) is 0 Å². The number of nitrogens with two attached hydrogens (primary N) is 1. The lowest BCUT2D eigenvalue weighted by Crippen LogP contribution is -2.47. The second-order valence-electron chi connectivity index (χ2n) is 3.23. The fourth-order valence-electron chi connectivity index (χ4n) is 1.32. The van der Waals surface area contributed by atoms with E-state index in [1.54, 1.807) is 25.1 Å². The van der Waals surface area contributed by atoms with Crippen molar-refractivity contribution in [1.29, 1.82) is 0 Å². The predicted octanol–water partition coefficient (Wildman–Crippen LogP) is 1.20. The van der Waals surface area contributed by atoms with Gasteiger partial charge in [0.05, 0.1) is 0 Å². The predicted molar refractivity (Wildman–Crippen MR) is 50.7 cm³/mol. The van der Waals surface area contributed by atoms with E-state index >= 15 is 0 Å². The second-order valence-corrected chi connectivity index (χ2v) is 3.23. The molecule has 1 atom stereocenters. The highest BCUT2D eigenvalue weighted by Crippen LogP contribution is 2.22. The Labute approximate surface area is 81.4 Å². The zero-order valence-corrected chi connectivity index (χ0v) is 7.83. The summed E-state index contributed by atoms with van der Waals surface area (Å²) in [6.45, 7) is 0.586. The van der Waals surface area contributed by atoms with Gasteiger partial charge in [0, 0.05) is 0 Å². The molecule has 0 saturated heterocycles. The quantitative estimate of drug-likeness (QED) is 0.765. The average molecular weight is 197 g/mol. The molecule has 0 radical (unpaired) electrons. The van der Waals surface area contributed by atoms with Crippen LogP contribution in [0, 0.1) is 6.92 Å². The normalized spacial score (nSPS) is 14.8. The summed E-state index contributed by atoms with van der Waals surface area (Å²) in [4.78, 5) is 10.8. The lowest BCUT2D eigenvalue weighted by Gasteiger charge is -2.23. The molecule has 0 bridgehead atoms. The number of aryl methyl sites for hydroxylation is 1. The first-order valence-electron chi connectivity index (χ1n) is 4.16. The first-order valence-corrected chi connectivity index (χ1v) is 4.16. The minimum Gasteiger partial charge on any atom is -0.480 e. The summed E-state index contributed by atoms with van der Waals surface area (Å²) in [6, 6.07) is 6.63. The van der Waals surface area contributed by atoms with Gasteiger partial charge in [-0.2, -0.15) is 0 Å². The molecule has 0 aliphatic carbocycles. The van der Waals surface area contributed by atoms with Gasteiger partial charge in [0.25, 0.3) is 0 Å². The van der Waals surface area contributed by atoms with Crippen molar-refractivity contribution in [1.82, 2.24) is 0 Å². The molecule has 4 heteroatoms. The SMILES string of the molecule is Cc1ccccc1C(N)(CF)C(=O)O. The van der Waals surface area contributed by atoms with E-state index in [9.17, 15) is 9.18 Å². The molecule has 1 unspecified atom stereocenters. The Morgan fingerprint density at radius 1 is 1.57 bits per heavy atom. The third-order valence-electron chi connectivity index (χ3n) is 2.22. The number of rotatable bonds is 3. The molecule has 0 aromatic heterocycles. The molecule has 1 rings (SSSR count). The van der Waals surface area contributed by atoms with Crippen LogP contribution in [-0.2, 0) is 10.3 Å². The summed E-state index contributed by atoms with van der Waals surface area (Å²) in [5, 5.41) is 8.85. The molecule has 1 aromatic carbocycles. The zero-order chi connectivity index (χ0) is 10.8. The van der Waals surface area contributed by atoms with E-state index in [1.807, 2.05) is 0 Å². The molecule has 14 heavy (non-hydrogen) atoms. The molecule has 3 N–H and O–H groups in total. The maximum absolute atomic E-state index is 12.7. The summed E-state index contributed by atoms with van der Waals surface area (Å²) >= 11 is 0. The van der Waals surface area contributed by atoms with Gasteiger partial charge in [-0.05, 0) is 18.1 Å². The van der Waals surface area contributed by atoms with Crippen LogP contribution in [0.3, 0.4) is 0 Å². The van der Waals surface area contributed by atoms with Crippen molar-refractivity contribution in [2.24, 2.45) is 5.73 Å². The van der Waals surface area contributed by atoms with Crippen molar-refractivity contribution in [3.05, 3.63) is 35.4 Å². The van der Waals surface area contributed by atoms with Crippen molar-refractivity contribution in [2.45, 2.75) is 12.5 Å². The first-order chi connectivity index (χ1) is 6.52.